The van der Waals surface area contributed by atoms with E-state index in [1.807, 2.05) is 30.1 Å². The number of nitrogens with zero attached hydrogens (tertiary/aromatic N) is 4. The van der Waals surface area contributed by atoms with Gasteiger partial charge in [-0.3, -0.25) is 19.4 Å². The molecule has 22 heavy (non-hydrogen) atoms. The highest BCUT2D eigenvalue weighted by Crippen LogP contribution is 2.17. The van der Waals surface area contributed by atoms with Crippen molar-refractivity contribution in [2.45, 2.75) is 6.04 Å². The third-order valence-corrected chi connectivity index (χ3v) is 3.26. The first kappa shape index (κ1) is 16.1. The summed E-state index contributed by atoms with van der Waals surface area (Å²) in [4.78, 5) is 18.4. The van der Waals surface area contributed by atoms with Crippen LogP contribution in [0.3, 0.4) is 0 Å². The summed E-state index contributed by atoms with van der Waals surface area (Å²) in [5.74, 6) is 0.417. The third kappa shape index (κ3) is 4.37. The summed E-state index contributed by atoms with van der Waals surface area (Å²) in [6, 6.07) is 7.38. The van der Waals surface area contributed by atoms with E-state index in [4.69, 9.17) is 4.74 Å². The van der Waals surface area contributed by atoms with Gasteiger partial charge >= 0.3 is 0 Å². The van der Waals surface area contributed by atoms with Crippen LogP contribution in [-0.2, 0) is 16.6 Å². The fourth-order valence-corrected chi connectivity index (χ4v) is 2.17. The second kappa shape index (κ2) is 7.67. The van der Waals surface area contributed by atoms with Crippen LogP contribution in [0.4, 0.5) is 5.82 Å². The van der Waals surface area contributed by atoms with E-state index < -0.39 is 0 Å². The van der Waals surface area contributed by atoms with Crippen LogP contribution in [0, 0.1) is 0 Å². The summed E-state index contributed by atoms with van der Waals surface area (Å²) in [6.45, 7) is 0.686. The van der Waals surface area contributed by atoms with E-state index in [0.29, 0.717) is 12.4 Å². The van der Waals surface area contributed by atoms with Gasteiger partial charge in [-0.1, -0.05) is 6.07 Å². The van der Waals surface area contributed by atoms with Crippen LogP contribution >= 0.6 is 0 Å². The van der Waals surface area contributed by atoms with Gasteiger partial charge in [0.05, 0.1) is 24.9 Å². The number of carbonyl (C=O) groups excluding carboxylic acids is 1. The quantitative estimate of drug-likeness (QED) is 0.828. The molecule has 0 saturated heterocycles. The van der Waals surface area contributed by atoms with Gasteiger partial charge in [0.15, 0.2) is 5.82 Å². The number of methoxy groups -OCH3 is 1. The van der Waals surface area contributed by atoms with E-state index in [0.717, 1.165) is 5.69 Å². The number of likely N-dealkylation sites (N-methyl/N-ethyl adjacent to an activating group) is 1. The zero-order valence-electron chi connectivity index (χ0n) is 13.1. The van der Waals surface area contributed by atoms with E-state index in [1.165, 1.54) is 0 Å². The van der Waals surface area contributed by atoms with Crippen molar-refractivity contribution < 1.29 is 9.53 Å². The third-order valence-electron chi connectivity index (χ3n) is 3.26. The number of rotatable bonds is 7. The van der Waals surface area contributed by atoms with E-state index in [-0.39, 0.29) is 18.5 Å². The highest BCUT2D eigenvalue weighted by atomic mass is 16.5. The molecule has 0 aliphatic rings. The Morgan fingerprint density at radius 1 is 1.45 bits per heavy atom. The average molecular weight is 303 g/mol. The predicted molar refractivity (Wildman–Crippen MR) is 83.3 cm³/mol. The van der Waals surface area contributed by atoms with Gasteiger partial charge in [-0.25, -0.2) is 0 Å². The van der Waals surface area contributed by atoms with Gasteiger partial charge in [0, 0.05) is 32.6 Å². The minimum absolute atomic E-state index is 0.0827. The number of hydrogen-bond donors (Lipinski definition) is 1. The maximum Gasteiger partial charge on any atom is 0.239 e. The fourth-order valence-electron chi connectivity index (χ4n) is 2.17. The Morgan fingerprint density at radius 3 is 2.86 bits per heavy atom. The lowest BCUT2D eigenvalue weighted by molar-refractivity contribution is -0.117. The second-order valence-corrected chi connectivity index (χ2v) is 5.06. The second-order valence-electron chi connectivity index (χ2n) is 5.06. The number of ether oxygens (including phenoxy) is 1. The standard InChI is InChI=1S/C15H21N5O2/c1-19(10-15(21)17-14-7-9-20(2)18-14)13(11-22-3)12-6-4-5-8-16-12/h4-9,13H,10-11H2,1-3H3,(H,17,18,21)/t13-/m0/s1. The van der Waals surface area contributed by atoms with Crippen molar-refractivity contribution in [3.8, 4) is 0 Å². The Bertz CT molecular complexity index is 599. The van der Waals surface area contributed by atoms with Crippen LogP contribution < -0.4 is 5.32 Å². The lowest BCUT2D eigenvalue weighted by atomic mass is 10.1. The first-order valence-corrected chi connectivity index (χ1v) is 6.99. The molecule has 0 aromatic carbocycles. The number of aromatic nitrogens is 3. The highest BCUT2D eigenvalue weighted by Gasteiger charge is 2.20. The van der Waals surface area contributed by atoms with Crippen molar-refractivity contribution >= 4 is 11.7 Å². The van der Waals surface area contributed by atoms with Crippen LogP contribution in [-0.4, -0.2) is 52.9 Å². The molecule has 1 amide bonds. The number of hydrogen-bond acceptors (Lipinski definition) is 5. The summed E-state index contributed by atoms with van der Waals surface area (Å²) in [5.41, 5.74) is 0.873. The molecule has 2 rings (SSSR count). The zero-order valence-corrected chi connectivity index (χ0v) is 13.1. The largest absolute Gasteiger partial charge is 0.383 e. The molecule has 0 aliphatic heterocycles. The molecule has 0 unspecified atom stereocenters. The van der Waals surface area contributed by atoms with E-state index in [2.05, 4.69) is 15.4 Å². The Hall–Kier alpha value is -2.25. The van der Waals surface area contributed by atoms with E-state index in [1.54, 1.807) is 37.3 Å². The molecule has 1 atom stereocenters. The maximum atomic E-state index is 12.1. The molecule has 1 N–H and O–H groups in total. The zero-order chi connectivity index (χ0) is 15.9. The smallest absolute Gasteiger partial charge is 0.239 e. The van der Waals surface area contributed by atoms with Gasteiger partial charge in [0.2, 0.25) is 5.91 Å². The van der Waals surface area contributed by atoms with Gasteiger partial charge in [-0.15, -0.1) is 0 Å². The Balaban J connectivity index is 1.98. The number of aryl methyl sites for hydroxylation is 1. The number of anilines is 1. The van der Waals surface area contributed by atoms with Gasteiger partial charge < -0.3 is 10.1 Å². The molecule has 118 valence electrons. The highest BCUT2D eigenvalue weighted by molar-refractivity contribution is 5.91. The minimum Gasteiger partial charge on any atom is -0.383 e. The van der Waals surface area contributed by atoms with Crippen molar-refractivity contribution in [2.24, 2.45) is 7.05 Å². The summed E-state index contributed by atoms with van der Waals surface area (Å²) in [7, 11) is 5.31. The molecule has 0 saturated carbocycles. The van der Waals surface area contributed by atoms with Gasteiger partial charge in [0.25, 0.3) is 0 Å². The van der Waals surface area contributed by atoms with E-state index in [9.17, 15) is 4.79 Å². The Labute approximate surface area is 129 Å². The molecule has 7 nitrogen and oxygen atoms in total. The van der Waals surface area contributed by atoms with Crippen molar-refractivity contribution in [3.63, 3.8) is 0 Å². The number of amides is 1. The van der Waals surface area contributed by atoms with Crippen LogP contribution in [0.1, 0.15) is 11.7 Å². The molecule has 2 heterocycles. The fraction of sp³-hybridized carbons (Fsp3) is 0.400. The predicted octanol–water partition coefficient (Wildman–Crippen LogP) is 1.07. The monoisotopic (exact) mass is 303 g/mol. The van der Waals surface area contributed by atoms with E-state index >= 15 is 0 Å². The lowest BCUT2D eigenvalue weighted by Gasteiger charge is -2.26. The van der Waals surface area contributed by atoms with Gasteiger partial charge in [-0.2, -0.15) is 5.10 Å². The summed E-state index contributed by atoms with van der Waals surface area (Å²) in [6.07, 6.45) is 3.51. The Kier molecular flexibility index (Phi) is 5.62. The molecular weight excluding hydrogens is 282 g/mol. The number of nitrogens with one attached hydrogen (secondary N) is 1. The van der Waals surface area contributed by atoms with Crippen molar-refractivity contribution in [1.29, 1.82) is 0 Å². The molecule has 2 aromatic rings. The summed E-state index contributed by atoms with van der Waals surface area (Å²) >= 11 is 0. The number of carbonyl (C=O) groups is 1. The minimum atomic E-state index is -0.127. The van der Waals surface area contributed by atoms with Crippen LogP contribution in [0.15, 0.2) is 36.7 Å². The number of pyridine rings is 1. The van der Waals surface area contributed by atoms with Crippen LogP contribution in [0.5, 0.6) is 0 Å². The average Bonchev–Trinajstić information content (AvgIpc) is 2.90. The van der Waals surface area contributed by atoms with Gasteiger partial charge in [0.1, 0.15) is 0 Å². The normalized spacial score (nSPS) is 12.4. The van der Waals surface area contributed by atoms with Gasteiger partial charge in [-0.05, 0) is 19.2 Å². The van der Waals surface area contributed by atoms with Crippen LogP contribution in [0.25, 0.3) is 0 Å². The molecule has 0 radical (unpaired) electrons. The maximum absolute atomic E-state index is 12.1. The molecule has 7 heteroatoms. The molecule has 0 aliphatic carbocycles. The molecule has 0 spiro atoms. The SMILES string of the molecule is COC[C@@H](c1ccccn1)N(C)CC(=O)Nc1ccn(C)n1. The van der Waals surface area contributed by atoms with Crippen LogP contribution in [0.2, 0.25) is 0 Å². The first-order valence-electron chi connectivity index (χ1n) is 6.99. The molecule has 2 aromatic heterocycles. The lowest BCUT2D eigenvalue weighted by Crippen LogP contribution is -2.35. The van der Waals surface area contributed by atoms with Crippen molar-refractivity contribution in [3.05, 3.63) is 42.4 Å². The summed E-state index contributed by atoms with van der Waals surface area (Å²) < 4.78 is 6.89. The molecule has 0 fully saturated rings. The van der Waals surface area contributed by atoms with Crippen molar-refractivity contribution in [1.82, 2.24) is 19.7 Å². The molecular formula is C15H21N5O2. The van der Waals surface area contributed by atoms with Crippen molar-refractivity contribution in [2.75, 3.05) is 32.6 Å². The summed E-state index contributed by atoms with van der Waals surface area (Å²) in [5, 5.41) is 6.89. The first-order chi connectivity index (χ1) is 10.6. The molecule has 0 bridgehead atoms. The topological polar surface area (TPSA) is 72.3 Å². The Morgan fingerprint density at radius 2 is 2.27 bits per heavy atom.